The molecule has 0 spiro atoms. The van der Waals surface area contributed by atoms with Gasteiger partial charge in [0.15, 0.2) is 5.82 Å². The number of nitrogens with one attached hydrogen (secondary N) is 1. The van der Waals surface area contributed by atoms with E-state index in [1.54, 1.807) is 6.07 Å². The van der Waals surface area contributed by atoms with Crippen molar-refractivity contribution >= 4 is 39.3 Å². The Morgan fingerprint density at radius 2 is 1.66 bits per heavy atom. The molecule has 29 heavy (non-hydrogen) atoms. The third-order valence-electron chi connectivity index (χ3n) is 4.59. The van der Waals surface area contributed by atoms with Crippen LogP contribution in [-0.4, -0.2) is 9.97 Å². The first-order valence-corrected chi connectivity index (χ1v) is 9.44. The van der Waals surface area contributed by atoms with Gasteiger partial charge in [0.25, 0.3) is 0 Å². The summed E-state index contributed by atoms with van der Waals surface area (Å²) in [5.41, 5.74) is 5.60. The minimum Gasteiger partial charge on any atom is -0.456 e. The summed E-state index contributed by atoms with van der Waals surface area (Å²) in [6.45, 7) is 0. The van der Waals surface area contributed by atoms with Crippen LogP contribution in [0.2, 0.25) is 5.02 Å². The predicted octanol–water partition coefficient (Wildman–Crippen LogP) is 5.62. The molecule has 1 N–H and O–H groups in total. The van der Waals surface area contributed by atoms with Crippen LogP contribution in [0.5, 0.6) is 0 Å². The molecular weight excluding hydrogens is 384 g/mol. The highest BCUT2D eigenvalue weighted by Crippen LogP contribution is 2.24. The molecule has 5 rings (SSSR count). The van der Waals surface area contributed by atoms with Gasteiger partial charge in [0.05, 0.1) is 10.9 Å². The van der Waals surface area contributed by atoms with E-state index < -0.39 is 0 Å². The van der Waals surface area contributed by atoms with Crippen molar-refractivity contribution in [2.24, 2.45) is 5.10 Å². The second kappa shape index (κ2) is 7.37. The summed E-state index contributed by atoms with van der Waals surface area (Å²) < 4.78 is 6.09. The number of benzene rings is 3. The van der Waals surface area contributed by atoms with Crippen molar-refractivity contribution in [1.29, 1.82) is 0 Å². The molecule has 0 saturated heterocycles. The minimum atomic E-state index is 0.615. The van der Waals surface area contributed by atoms with Crippen LogP contribution in [0.25, 0.3) is 33.2 Å². The monoisotopic (exact) mass is 398 g/mol. The van der Waals surface area contributed by atoms with Crippen LogP contribution in [-0.2, 0) is 0 Å². The van der Waals surface area contributed by atoms with E-state index in [-0.39, 0.29) is 0 Å². The highest BCUT2D eigenvalue weighted by Gasteiger charge is 2.07. The average Bonchev–Trinajstić information content (AvgIpc) is 2.78. The van der Waals surface area contributed by atoms with E-state index in [4.69, 9.17) is 16.0 Å². The molecule has 0 bridgehead atoms. The summed E-state index contributed by atoms with van der Waals surface area (Å²) in [6.07, 6.45) is 1.52. The number of hydrogen-bond donors (Lipinski definition) is 1. The number of aromatic nitrogens is 2. The maximum atomic E-state index is 6.22. The number of para-hydroxylation sites is 1. The van der Waals surface area contributed by atoms with Gasteiger partial charge in [0.2, 0.25) is 0 Å². The molecule has 0 aliphatic rings. The molecule has 3 aromatic carbocycles. The predicted molar refractivity (Wildman–Crippen MR) is 115 cm³/mol. The van der Waals surface area contributed by atoms with Crippen molar-refractivity contribution in [3.8, 4) is 11.3 Å². The normalized spacial score (nSPS) is 11.8. The molecular formula is C23H15ClN4O. The number of fused-ring (bicyclic) bond motifs is 2. The number of halogens is 1. The molecule has 2 aromatic heterocycles. The lowest BCUT2D eigenvalue weighted by molar-refractivity contribution is 0.618. The smallest absolute Gasteiger partial charge is 0.157 e. The first-order chi connectivity index (χ1) is 14.3. The average molecular weight is 399 g/mol. The number of anilines is 1. The van der Waals surface area contributed by atoms with Gasteiger partial charge in [-0.15, -0.1) is 0 Å². The third-order valence-corrected chi connectivity index (χ3v) is 4.82. The van der Waals surface area contributed by atoms with Crippen LogP contribution in [0.4, 0.5) is 5.82 Å². The SMILES string of the molecule is Clc1ccc2oc(-c3ccccc3)c/c(=N/Nc3ncnc4ccccc34)c2c1. The number of rotatable bonds is 3. The van der Waals surface area contributed by atoms with Crippen molar-refractivity contribution in [3.05, 3.63) is 95.6 Å². The lowest BCUT2D eigenvalue weighted by Gasteiger charge is -2.07. The van der Waals surface area contributed by atoms with Crippen LogP contribution in [0, 0.1) is 0 Å². The van der Waals surface area contributed by atoms with Gasteiger partial charge in [0, 0.05) is 27.4 Å². The van der Waals surface area contributed by atoms with E-state index in [0.29, 0.717) is 27.5 Å². The Morgan fingerprint density at radius 1 is 0.828 bits per heavy atom. The molecule has 0 amide bonds. The molecule has 2 heterocycles. The van der Waals surface area contributed by atoms with Gasteiger partial charge in [-0.3, -0.25) is 5.43 Å². The topological polar surface area (TPSA) is 63.3 Å². The molecule has 0 fully saturated rings. The summed E-state index contributed by atoms with van der Waals surface area (Å²) in [5.74, 6) is 1.35. The lowest BCUT2D eigenvalue weighted by atomic mass is 10.1. The van der Waals surface area contributed by atoms with Gasteiger partial charge >= 0.3 is 0 Å². The fraction of sp³-hybridized carbons (Fsp3) is 0. The van der Waals surface area contributed by atoms with Gasteiger partial charge in [0.1, 0.15) is 17.7 Å². The number of nitrogens with zero attached hydrogens (tertiary/aromatic N) is 3. The van der Waals surface area contributed by atoms with Gasteiger partial charge in [-0.05, 0) is 30.3 Å². The van der Waals surface area contributed by atoms with E-state index in [1.165, 1.54) is 6.33 Å². The van der Waals surface area contributed by atoms with E-state index in [9.17, 15) is 0 Å². The lowest BCUT2D eigenvalue weighted by Crippen LogP contribution is -2.08. The van der Waals surface area contributed by atoms with E-state index in [2.05, 4.69) is 20.5 Å². The largest absolute Gasteiger partial charge is 0.456 e. The molecule has 6 heteroatoms. The zero-order valence-corrected chi connectivity index (χ0v) is 16.0. The van der Waals surface area contributed by atoms with Crippen molar-refractivity contribution in [3.63, 3.8) is 0 Å². The fourth-order valence-corrected chi connectivity index (χ4v) is 3.36. The quantitative estimate of drug-likeness (QED) is 0.400. The Bertz CT molecular complexity index is 1390. The molecule has 0 aliphatic heterocycles. The van der Waals surface area contributed by atoms with Crippen molar-refractivity contribution in [2.75, 3.05) is 5.43 Å². The van der Waals surface area contributed by atoms with Crippen LogP contribution < -0.4 is 10.8 Å². The number of hydrogen-bond acceptors (Lipinski definition) is 5. The summed E-state index contributed by atoms with van der Waals surface area (Å²) in [5, 5.41) is 7.64. The Hall–Kier alpha value is -3.70. The van der Waals surface area contributed by atoms with Crippen molar-refractivity contribution < 1.29 is 4.42 Å². The van der Waals surface area contributed by atoms with Gasteiger partial charge in [-0.1, -0.05) is 54.1 Å². The molecule has 0 atom stereocenters. The zero-order valence-electron chi connectivity index (χ0n) is 15.2. The van der Waals surface area contributed by atoms with Gasteiger partial charge in [-0.25, -0.2) is 9.97 Å². The van der Waals surface area contributed by atoms with Crippen molar-refractivity contribution in [2.45, 2.75) is 0 Å². The Kier molecular flexibility index (Phi) is 4.42. The first kappa shape index (κ1) is 17.4. The van der Waals surface area contributed by atoms with Crippen LogP contribution >= 0.6 is 11.6 Å². The van der Waals surface area contributed by atoms with Crippen molar-refractivity contribution in [1.82, 2.24) is 9.97 Å². The fourth-order valence-electron chi connectivity index (χ4n) is 3.19. The van der Waals surface area contributed by atoms with E-state index in [0.717, 1.165) is 21.9 Å². The molecule has 5 aromatic rings. The molecule has 0 radical (unpaired) electrons. The summed E-state index contributed by atoms with van der Waals surface area (Å²) in [7, 11) is 0. The standard InChI is InChI=1S/C23H15ClN4O/c24-16-10-11-21-18(12-16)20(13-22(29-21)15-6-2-1-3-7-15)27-28-23-17-8-4-5-9-19(17)25-14-26-23/h1-14H,(H,25,26,28)/b27-20-. The van der Waals surface area contributed by atoms with Crippen LogP contribution in [0.1, 0.15) is 0 Å². The molecule has 140 valence electrons. The maximum Gasteiger partial charge on any atom is 0.157 e. The summed E-state index contributed by atoms with van der Waals surface area (Å²) in [6, 6.07) is 25.1. The Labute approximate surface area is 171 Å². The summed E-state index contributed by atoms with van der Waals surface area (Å²) >= 11 is 6.22. The minimum absolute atomic E-state index is 0.615. The molecule has 5 nitrogen and oxygen atoms in total. The Balaban J connectivity index is 1.69. The highest BCUT2D eigenvalue weighted by atomic mass is 35.5. The second-order valence-corrected chi connectivity index (χ2v) is 6.90. The van der Waals surface area contributed by atoms with E-state index in [1.807, 2.05) is 72.8 Å². The van der Waals surface area contributed by atoms with Crippen LogP contribution in [0.15, 0.2) is 94.7 Å². The second-order valence-electron chi connectivity index (χ2n) is 6.47. The molecule has 0 unspecified atom stereocenters. The highest BCUT2D eigenvalue weighted by molar-refractivity contribution is 6.31. The maximum absolute atomic E-state index is 6.22. The molecule has 0 aliphatic carbocycles. The Morgan fingerprint density at radius 3 is 2.55 bits per heavy atom. The molecule has 0 saturated carbocycles. The third kappa shape index (κ3) is 3.44. The van der Waals surface area contributed by atoms with Gasteiger partial charge < -0.3 is 4.42 Å². The zero-order chi connectivity index (χ0) is 19.6. The van der Waals surface area contributed by atoms with Crippen LogP contribution in [0.3, 0.4) is 0 Å². The first-order valence-electron chi connectivity index (χ1n) is 9.06. The van der Waals surface area contributed by atoms with E-state index >= 15 is 0 Å². The summed E-state index contributed by atoms with van der Waals surface area (Å²) in [4.78, 5) is 8.62. The van der Waals surface area contributed by atoms with Gasteiger partial charge in [-0.2, -0.15) is 5.10 Å².